The van der Waals surface area contributed by atoms with Gasteiger partial charge in [-0.1, -0.05) is 29.8 Å². The van der Waals surface area contributed by atoms with Crippen LogP contribution >= 0.6 is 11.6 Å². The van der Waals surface area contributed by atoms with Crippen LogP contribution in [0, 0.1) is 0 Å². The highest BCUT2D eigenvalue weighted by Crippen LogP contribution is 2.37. The van der Waals surface area contributed by atoms with Gasteiger partial charge in [0, 0.05) is 23.1 Å². The molecule has 25 heavy (non-hydrogen) atoms. The third-order valence-electron chi connectivity index (χ3n) is 3.79. The van der Waals surface area contributed by atoms with E-state index in [-0.39, 0.29) is 19.1 Å². The Kier molecular flexibility index (Phi) is 5.09. The Bertz CT molecular complexity index is 794. The number of fused-ring (bicyclic) bond motifs is 1. The van der Waals surface area contributed by atoms with Crippen molar-refractivity contribution in [3.8, 4) is 11.5 Å². The number of carbonyl (C=O) groups is 2. The molecule has 0 spiro atoms. The van der Waals surface area contributed by atoms with Crippen LogP contribution in [0.4, 0.5) is 0 Å². The zero-order valence-electron chi connectivity index (χ0n) is 13.5. The lowest BCUT2D eigenvalue weighted by molar-refractivity contribution is -0.142. The van der Waals surface area contributed by atoms with E-state index in [1.54, 1.807) is 42.5 Å². The number of esters is 1. The van der Waals surface area contributed by atoms with Gasteiger partial charge < -0.3 is 19.5 Å². The number of methoxy groups -OCH3 is 1. The highest BCUT2D eigenvalue weighted by atomic mass is 35.5. The van der Waals surface area contributed by atoms with Crippen molar-refractivity contribution in [1.82, 2.24) is 5.32 Å². The quantitative estimate of drug-likeness (QED) is 0.828. The maximum atomic E-state index is 12.3. The fourth-order valence-electron chi connectivity index (χ4n) is 2.50. The van der Waals surface area contributed by atoms with Crippen molar-refractivity contribution in [3.05, 3.63) is 58.6 Å². The Morgan fingerprint density at radius 3 is 2.56 bits per heavy atom. The number of ether oxygens (including phenoxy) is 3. The molecule has 6 nitrogen and oxygen atoms in total. The van der Waals surface area contributed by atoms with Crippen LogP contribution in [0.15, 0.2) is 42.5 Å². The second-order valence-corrected chi connectivity index (χ2v) is 5.82. The van der Waals surface area contributed by atoms with Crippen molar-refractivity contribution in [3.63, 3.8) is 0 Å². The van der Waals surface area contributed by atoms with Crippen LogP contribution in [-0.2, 0) is 16.0 Å². The summed E-state index contributed by atoms with van der Waals surface area (Å²) in [6.07, 6.45) is 0.167. The van der Waals surface area contributed by atoms with Gasteiger partial charge in [-0.25, -0.2) is 4.79 Å². The molecule has 0 radical (unpaired) electrons. The highest BCUT2D eigenvalue weighted by molar-refractivity contribution is 6.31. The number of halogens is 1. The number of hydrogen-bond acceptors (Lipinski definition) is 5. The number of nitrogens with one attached hydrogen (secondary N) is 1. The molecule has 0 bridgehead atoms. The van der Waals surface area contributed by atoms with E-state index in [1.807, 2.05) is 0 Å². The predicted octanol–water partition coefficient (Wildman–Crippen LogP) is 2.58. The van der Waals surface area contributed by atoms with E-state index in [1.165, 1.54) is 7.11 Å². The van der Waals surface area contributed by atoms with Crippen molar-refractivity contribution in [1.29, 1.82) is 0 Å². The van der Waals surface area contributed by atoms with Crippen LogP contribution in [-0.4, -0.2) is 31.8 Å². The van der Waals surface area contributed by atoms with Gasteiger partial charge in [-0.2, -0.15) is 0 Å². The number of amides is 1. The molecule has 1 aliphatic heterocycles. The monoisotopic (exact) mass is 361 g/mol. The topological polar surface area (TPSA) is 73.9 Å². The Hall–Kier alpha value is -2.73. The summed E-state index contributed by atoms with van der Waals surface area (Å²) in [5.74, 6) is 0.181. The molecule has 1 atom stereocenters. The van der Waals surface area contributed by atoms with Crippen molar-refractivity contribution in [2.45, 2.75) is 12.5 Å². The fraction of sp³-hybridized carbons (Fsp3) is 0.222. The van der Waals surface area contributed by atoms with Crippen LogP contribution in [0.25, 0.3) is 0 Å². The molecule has 2 aromatic carbocycles. The zero-order valence-corrected chi connectivity index (χ0v) is 14.2. The first kappa shape index (κ1) is 17.1. The normalized spacial score (nSPS) is 13.2. The lowest BCUT2D eigenvalue weighted by Gasteiger charge is -2.17. The van der Waals surface area contributed by atoms with Gasteiger partial charge in [-0.15, -0.1) is 0 Å². The second kappa shape index (κ2) is 7.44. The molecule has 1 N–H and O–H groups in total. The standard InChI is InChI=1S/C18H16ClNO5/c1-23-18(22)14(20-17(21)11-5-3-2-4-6-11)7-12-8-15-16(9-13(12)19)25-10-24-15/h2-6,8-9,14H,7,10H2,1H3,(H,20,21)/t14-/m0/s1. The predicted molar refractivity (Wildman–Crippen MR) is 91.0 cm³/mol. The summed E-state index contributed by atoms with van der Waals surface area (Å²) in [5, 5.41) is 3.11. The third-order valence-corrected chi connectivity index (χ3v) is 4.14. The van der Waals surface area contributed by atoms with Crippen molar-refractivity contribution in [2.75, 3.05) is 13.9 Å². The molecule has 0 aromatic heterocycles. The van der Waals surface area contributed by atoms with Crippen LogP contribution in [0.5, 0.6) is 11.5 Å². The van der Waals surface area contributed by atoms with Crippen LogP contribution in [0.2, 0.25) is 5.02 Å². The summed E-state index contributed by atoms with van der Waals surface area (Å²) in [6.45, 7) is 0.125. The Morgan fingerprint density at radius 1 is 1.20 bits per heavy atom. The Labute approximate surface area is 149 Å². The second-order valence-electron chi connectivity index (χ2n) is 5.42. The molecule has 130 valence electrons. The van der Waals surface area contributed by atoms with Crippen LogP contribution < -0.4 is 14.8 Å². The first-order valence-corrected chi connectivity index (χ1v) is 7.98. The molecule has 0 saturated carbocycles. The number of hydrogen-bond donors (Lipinski definition) is 1. The molecule has 0 aliphatic carbocycles. The molecule has 0 fully saturated rings. The Morgan fingerprint density at radius 2 is 1.88 bits per heavy atom. The van der Waals surface area contributed by atoms with E-state index < -0.39 is 12.0 Å². The molecular formula is C18H16ClNO5. The largest absolute Gasteiger partial charge is 0.467 e. The van der Waals surface area contributed by atoms with E-state index in [2.05, 4.69) is 5.32 Å². The minimum absolute atomic E-state index is 0.125. The summed E-state index contributed by atoms with van der Waals surface area (Å²) < 4.78 is 15.4. The van der Waals surface area contributed by atoms with Crippen molar-refractivity contribution < 1.29 is 23.8 Å². The summed E-state index contributed by atoms with van der Waals surface area (Å²) >= 11 is 6.25. The maximum absolute atomic E-state index is 12.3. The average molecular weight is 362 g/mol. The van der Waals surface area contributed by atoms with Gasteiger partial charge in [-0.3, -0.25) is 4.79 Å². The minimum Gasteiger partial charge on any atom is -0.467 e. The summed E-state index contributed by atoms with van der Waals surface area (Å²) in [5.41, 5.74) is 1.10. The zero-order chi connectivity index (χ0) is 17.8. The van der Waals surface area contributed by atoms with Crippen LogP contribution in [0.1, 0.15) is 15.9 Å². The first-order chi connectivity index (χ1) is 12.1. The van der Waals surface area contributed by atoms with E-state index in [0.29, 0.717) is 27.6 Å². The molecule has 1 aliphatic rings. The molecule has 0 unspecified atom stereocenters. The van der Waals surface area contributed by atoms with Gasteiger partial charge in [0.2, 0.25) is 6.79 Å². The summed E-state index contributed by atoms with van der Waals surface area (Å²) in [6, 6.07) is 11.1. The van der Waals surface area contributed by atoms with Gasteiger partial charge in [0.1, 0.15) is 6.04 Å². The number of rotatable bonds is 5. The van der Waals surface area contributed by atoms with E-state index >= 15 is 0 Å². The van der Waals surface area contributed by atoms with Gasteiger partial charge in [-0.05, 0) is 23.8 Å². The SMILES string of the molecule is COC(=O)[C@H](Cc1cc2c(cc1Cl)OCO2)NC(=O)c1ccccc1. The molecule has 1 amide bonds. The van der Waals surface area contributed by atoms with Crippen LogP contribution in [0.3, 0.4) is 0 Å². The van der Waals surface area contributed by atoms with E-state index in [4.69, 9.17) is 25.8 Å². The van der Waals surface area contributed by atoms with Crippen molar-refractivity contribution >= 4 is 23.5 Å². The number of carbonyl (C=O) groups excluding carboxylic acids is 2. The average Bonchev–Trinajstić information content (AvgIpc) is 3.08. The van der Waals surface area contributed by atoms with Gasteiger partial charge >= 0.3 is 5.97 Å². The van der Waals surface area contributed by atoms with E-state index in [9.17, 15) is 9.59 Å². The fourth-order valence-corrected chi connectivity index (χ4v) is 2.73. The Balaban J connectivity index is 1.80. The summed E-state index contributed by atoms with van der Waals surface area (Å²) in [7, 11) is 1.27. The van der Waals surface area contributed by atoms with Crippen molar-refractivity contribution in [2.24, 2.45) is 0 Å². The van der Waals surface area contributed by atoms with Gasteiger partial charge in [0.15, 0.2) is 11.5 Å². The van der Waals surface area contributed by atoms with E-state index in [0.717, 1.165) is 0 Å². The molecule has 3 rings (SSSR count). The lowest BCUT2D eigenvalue weighted by Crippen LogP contribution is -2.43. The lowest BCUT2D eigenvalue weighted by atomic mass is 10.0. The van der Waals surface area contributed by atoms with Gasteiger partial charge in [0.05, 0.1) is 7.11 Å². The number of benzene rings is 2. The highest BCUT2D eigenvalue weighted by Gasteiger charge is 2.25. The molecule has 1 heterocycles. The maximum Gasteiger partial charge on any atom is 0.328 e. The third kappa shape index (κ3) is 3.85. The summed E-state index contributed by atoms with van der Waals surface area (Å²) in [4.78, 5) is 24.4. The molecule has 0 saturated heterocycles. The minimum atomic E-state index is -0.879. The van der Waals surface area contributed by atoms with Gasteiger partial charge in [0.25, 0.3) is 5.91 Å². The molecule has 7 heteroatoms. The smallest absolute Gasteiger partial charge is 0.328 e. The molecular weight excluding hydrogens is 346 g/mol. The first-order valence-electron chi connectivity index (χ1n) is 7.60. The molecule has 2 aromatic rings.